The molecule has 3 aromatic rings. The average molecular weight is 415 g/mol. The fourth-order valence-electron chi connectivity index (χ4n) is 4.07. The van der Waals surface area contributed by atoms with Crippen LogP contribution in [0.3, 0.4) is 0 Å². The number of nitriles is 1. The highest BCUT2D eigenvalue weighted by Gasteiger charge is 2.58. The van der Waals surface area contributed by atoms with E-state index in [9.17, 15) is 10.1 Å². The van der Waals surface area contributed by atoms with Crippen LogP contribution < -0.4 is 15.8 Å². The van der Waals surface area contributed by atoms with E-state index >= 15 is 0 Å². The molecule has 0 bridgehead atoms. The van der Waals surface area contributed by atoms with Gasteiger partial charge >= 0.3 is 0 Å². The van der Waals surface area contributed by atoms with Gasteiger partial charge in [-0.25, -0.2) is 0 Å². The first-order valence-electron chi connectivity index (χ1n) is 9.32. The van der Waals surface area contributed by atoms with Crippen molar-refractivity contribution in [3.63, 3.8) is 0 Å². The van der Waals surface area contributed by atoms with Crippen molar-refractivity contribution in [2.75, 3.05) is 5.32 Å². The lowest BCUT2D eigenvalue weighted by Crippen LogP contribution is -2.42. The molecule has 1 aromatic heterocycles. The van der Waals surface area contributed by atoms with Crippen LogP contribution in [0.15, 0.2) is 64.9 Å². The molecule has 30 heavy (non-hydrogen) atoms. The van der Waals surface area contributed by atoms with Crippen molar-refractivity contribution in [3.05, 3.63) is 82.4 Å². The third-order valence-corrected chi connectivity index (χ3v) is 6.49. The highest BCUT2D eigenvalue weighted by atomic mass is 32.2. The summed E-state index contributed by atoms with van der Waals surface area (Å²) in [6, 6.07) is 17.6. The summed E-state index contributed by atoms with van der Waals surface area (Å²) in [5.74, 6) is 0.291. The fraction of sp³-hybridized carbons (Fsp3) is 0.136. The van der Waals surface area contributed by atoms with Gasteiger partial charge in [0.15, 0.2) is 0 Å². The van der Waals surface area contributed by atoms with Crippen molar-refractivity contribution >= 4 is 23.4 Å². The third-order valence-electron chi connectivity index (χ3n) is 5.45. The Balaban J connectivity index is 1.66. The van der Waals surface area contributed by atoms with E-state index in [4.69, 9.17) is 10.5 Å². The standard InChI is InChI=1S/C22H17N5O2S/c1-12-6-8-13(9-7-12)30-11-17-18-20(27-26-17)29-19(24)15(10-23)22(18)14-4-2-3-5-16(14)25-21(22)28/h2-9H,11,24H2,1H3,(H,25,28)(H,26,27)/t22-/m1/s1. The molecule has 0 aliphatic carbocycles. The molecule has 3 heterocycles. The average Bonchev–Trinajstić information content (AvgIpc) is 3.27. The first kappa shape index (κ1) is 18.3. The molecular weight excluding hydrogens is 398 g/mol. The van der Waals surface area contributed by atoms with Gasteiger partial charge in [0.05, 0.1) is 11.3 Å². The Kier molecular flexibility index (Phi) is 4.08. The molecule has 0 radical (unpaired) electrons. The molecule has 1 spiro atoms. The SMILES string of the molecule is Cc1ccc(SCc2[nH]nc3c2[C@]2(C(=O)Nc4ccccc42)C(C#N)=C(N)O3)cc1. The van der Waals surface area contributed by atoms with Crippen LogP contribution in [0.4, 0.5) is 5.69 Å². The van der Waals surface area contributed by atoms with Crippen LogP contribution in [0.25, 0.3) is 0 Å². The van der Waals surface area contributed by atoms with E-state index in [1.54, 1.807) is 11.8 Å². The number of aryl methyl sites for hydroxylation is 1. The Morgan fingerprint density at radius 2 is 2.00 bits per heavy atom. The molecule has 1 amide bonds. The van der Waals surface area contributed by atoms with E-state index in [0.29, 0.717) is 28.3 Å². The predicted molar refractivity (Wildman–Crippen MR) is 113 cm³/mol. The van der Waals surface area contributed by atoms with Gasteiger partial charge in [-0.2, -0.15) is 5.26 Å². The number of ether oxygens (including phenoxy) is 1. The van der Waals surface area contributed by atoms with Crippen LogP contribution in [0.1, 0.15) is 22.4 Å². The number of carbonyl (C=O) groups is 1. The number of nitrogens with one attached hydrogen (secondary N) is 2. The normalized spacial score (nSPS) is 19.1. The van der Waals surface area contributed by atoms with E-state index in [-0.39, 0.29) is 23.2 Å². The van der Waals surface area contributed by atoms with Crippen LogP contribution in [-0.4, -0.2) is 16.1 Å². The van der Waals surface area contributed by atoms with Gasteiger partial charge in [-0.05, 0) is 25.1 Å². The number of rotatable bonds is 3. The first-order chi connectivity index (χ1) is 14.6. The molecule has 5 rings (SSSR count). The molecule has 0 fully saturated rings. The van der Waals surface area contributed by atoms with Gasteiger partial charge in [0, 0.05) is 21.9 Å². The fourth-order valence-corrected chi connectivity index (χ4v) is 4.92. The Labute approximate surface area is 176 Å². The summed E-state index contributed by atoms with van der Waals surface area (Å²) in [5.41, 5.74) is 8.49. The van der Waals surface area contributed by atoms with E-state index in [1.807, 2.05) is 55.5 Å². The number of amides is 1. The number of benzene rings is 2. The smallest absolute Gasteiger partial charge is 0.245 e. The molecule has 1 atom stereocenters. The minimum atomic E-state index is -1.39. The van der Waals surface area contributed by atoms with Crippen molar-refractivity contribution < 1.29 is 9.53 Å². The van der Waals surface area contributed by atoms with Gasteiger partial charge in [-0.1, -0.05) is 35.9 Å². The summed E-state index contributed by atoms with van der Waals surface area (Å²) < 4.78 is 5.64. The van der Waals surface area contributed by atoms with E-state index in [2.05, 4.69) is 21.6 Å². The molecule has 7 nitrogen and oxygen atoms in total. The zero-order valence-electron chi connectivity index (χ0n) is 16.0. The second kappa shape index (κ2) is 6.68. The van der Waals surface area contributed by atoms with E-state index in [1.165, 1.54) is 5.56 Å². The summed E-state index contributed by atoms with van der Waals surface area (Å²) in [6.45, 7) is 2.04. The first-order valence-corrected chi connectivity index (χ1v) is 10.3. The molecule has 0 saturated heterocycles. The number of fused-ring (bicyclic) bond motifs is 4. The van der Waals surface area contributed by atoms with Gasteiger partial charge in [0.25, 0.3) is 0 Å². The number of nitrogens with zero attached hydrogens (tertiary/aromatic N) is 2. The number of para-hydroxylation sites is 1. The third kappa shape index (κ3) is 2.46. The number of hydrogen-bond donors (Lipinski definition) is 3. The molecule has 148 valence electrons. The molecular formula is C22H17N5O2S. The largest absolute Gasteiger partial charge is 0.420 e. The quantitative estimate of drug-likeness (QED) is 0.565. The van der Waals surface area contributed by atoms with Gasteiger partial charge in [-0.15, -0.1) is 16.9 Å². The molecule has 0 unspecified atom stereocenters. The second-order valence-corrected chi connectivity index (χ2v) is 8.24. The predicted octanol–water partition coefficient (Wildman–Crippen LogP) is 3.33. The van der Waals surface area contributed by atoms with Crippen LogP contribution in [0.5, 0.6) is 5.88 Å². The Morgan fingerprint density at radius 1 is 1.23 bits per heavy atom. The number of carbonyl (C=O) groups excluding carboxylic acids is 1. The number of H-pyrrole nitrogens is 1. The number of nitrogens with two attached hydrogens (primary N) is 1. The zero-order chi connectivity index (χ0) is 20.9. The molecule has 8 heteroatoms. The lowest BCUT2D eigenvalue weighted by molar-refractivity contribution is -0.118. The minimum absolute atomic E-state index is 0.0698. The van der Waals surface area contributed by atoms with E-state index < -0.39 is 5.41 Å². The molecule has 0 saturated carbocycles. The van der Waals surface area contributed by atoms with Crippen molar-refractivity contribution in [3.8, 4) is 11.9 Å². The number of anilines is 1. The summed E-state index contributed by atoms with van der Waals surface area (Å²) in [5, 5.41) is 20.1. The monoisotopic (exact) mass is 415 g/mol. The maximum Gasteiger partial charge on any atom is 0.245 e. The Morgan fingerprint density at radius 3 is 2.77 bits per heavy atom. The maximum absolute atomic E-state index is 13.4. The van der Waals surface area contributed by atoms with Crippen LogP contribution in [0.2, 0.25) is 0 Å². The van der Waals surface area contributed by atoms with Crippen LogP contribution in [0, 0.1) is 18.3 Å². The second-order valence-electron chi connectivity index (χ2n) is 7.19. The summed E-state index contributed by atoms with van der Waals surface area (Å²) in [4.78, 5) is 14.5. The highest BCUT2D eigenvalue weighted by Crippen LogP contribution is 2.54. The molecule has 2 aliphatic heterocycles. The summed E-state index contributed by atoms with van der Waals surface area (Å²) >= 11 is 1.61. The summed E-state index contributed by atoms with van der Waals surface area (Å²) in [6.07, 6.45) is 0. The van der Waals surface area contributed by atoms with Crippen molar-refractivity contribution in [2.45, 2.75) is 23.0 Å². The molecule has 2 aliphatic rings. The van der Waals surface area contributed by atoms with Crippen molar-refractivity contribution in [1.82, 2.24) is 10.2 Å². The molecule has 2 aromatic carbocycles. The number of hydrogen-bond acceptors (Lipinski definition) is 6. The number of aromatic nitrogens is 2. The minimum Gasteiger partial charge on any atom is -0.420 e. The number of thioether (sulfide) groups is 1. The van der Waals surface area contributed by atoms with Crippen molar-refractivity contribution in [2.24, 2.45) is 5.73 Å². The van der Waals surface area contributed by atoms with Gasteiger partial charge in [0.2, 0.25) is 17.7 Å². The lowest BCUT2D eigenvalue weighted by atomic mass is 9.69. The van der Waals surface area contributed by atoms with Crippen LogP contribution in [-0.2, 0) is 16.0 Å². The lowest BCUT2D eigenvalue weighted by Gasteiger charge is -2.31. The highest BCUT2D eigenvalue weighted by molar-refractivity contribution is 7.98. The van der Waals surface area contributed by atoms with Crippen LogP contribution >= 0.6 is 11.8 Å². The van der Waals surface area contributed by atoms with Gasteiger partial charge in [0.1, 0.15) is 17.1 Å². The Hall–Kier alpha value is -3.70. The summed E-state index contributed by atoms with van der Waals surface area (Å²) in [7, 11) is 0. The van der Waals surface area contributed by atoms with Gasteiger partial charge in [-0.3, -0.25) is 9.89 Å². The maximum atomic E-state index is 13.4. The zero-order valence-corrected chi connectivity index (χ0v) is 16.8. The van der Waals surface area contributed by atoms with Gasteiger partial charge < -0.3 is 15.8 Å². The molecule has 4 N–H and O–H groups in total. The van der Waals surface area contributed by atoms with E-state index in [0.717, 1.165) is 4.90 Å². The van der Waals surface area contributed by atoms with Crippen molar-refractivity contribution in [1.29, 1.82) is 5.26 Å². The number of aromatic amines is 1. The topological polar surface area (TPSA) is 117 Å². The Bertz CT molecular complexity index is 1260.